The predicted octanol–water partition coefficient (Wildman–Crippen LogP) is 4.85. The van der Waals surface area contributed by atoms with E-state index in [2.05, 4.69) is 26.5 Å². The molecule has 0 radical (unpaired) electrons. The molecule has 26 heavy (non-hydrogen) atoms. The van der Waals surface area contributed by atoms with Gasteiger partial charge >= 0.3 is 0 Å². The van der Waals surface area contributed by atoms with Gasteiger partial charge in [0.2, 0.25) is 0 Å². The molecule has 0 fully saturated rings. The Kier molecular flexibility index (Phi) is 6.30. The first kappa shape index (κ1) is 18.5. The standard InChI is InChI=1S/C20H17BrN2O2S/c1-26-16-9-6-14(7-10-16)12-22-23-19(24)13-25-18-11-8-15-4-2-3-5-17(15)20(18)21/h2-12H,13H2,1H3,(H,23,24). The van der Waals surface area contributed by atoms with E-state index in [1.807, 2.05) is 66.9 Å². The van der Waals surface area contributed by atoms with Gasteiger partial charge in [0.05, 0.1) is 10.7 Å². The fourth-order valence-electron chi connectivity index (χ4n) is 2.37. The van der Waals surface area contributed by atoms with Gasteiger partial charge in [-0.1, -0.05) is 42.5 Å². The molecule has 4 nitrogen and oxygen atoms in total. The number of halogens is 1. The molecule has 0 saturated heterocycles. The van der Waals surface area contributed by atoms with E-state index in [0.29, 0.717) is 5.75 Å². The van der Waals surface area contributed by atoms with Crippen molar-refractivity contribution in [1.82, 2.24) is 5.43 Å². The van der Waals surface area contributed by atoms with Crippen molar-refractivity contribution in [3.05, 3.63) is 70.7 Å². The molecule has 3 aromatic carbocycles. The maximum absolute atomic E-state index is 11.9. The summed E-state index contributed by atoms with van der Waals surface area (Å²) in [7, 11) is 0. The summed E-state index contributed by atoms with van der Waals surface area (Å²) in [6.45, 7) is -0.111. The maximum atomic E-state index is 11.9. The summed E-state index contributed by atoms with van der Waals surface area (Å²) in [6.07, 6.45) is 3.63. The van der Waals surface area contributed by atoms with E-state index in [1.165, 1.54) is 4.90 Å². The van der Waals surface area contributed by atoms with Crippen molar-refractivity contribution in [2.45, 2.75) is 4.90 Å². The first-order chi connectivity index (χ1) is 12.7. The molecule has 6 heteroatoms. The highest BCUT2D eigenvalue weighted by Gasteiger charge is 2.08. The highest BCUT2D eigenvalue weighted by Crippen LogP contribution is 2.32. The number of nitrogens with one attached hydrogen (secondary N) is 1. The fraction of sp³-hybridized carbons (Fsp3) is 0.100. The summed E-state index contributed by atoms with van der Waals surface area (Å²) in [5, 5.41) is 6.10. The van der Waals surface area contributed by atoms with Gasteiger partial charge in [-0.05, 0) is 56.7 Å². The van der Waals surface area contributed by atoms with Crippen molar-refractivity contribution in [3.8, 4) is 5.75 Å². The molecule has 0 saturated carbocycles. The Morgan fingerprint density at radius 2 is 1.92 bits per heavy atom. The number of rotatable bonds is 6. The monoisotopic (exact) mass is 428 g/mol. The maximum Gasteiger partial charge on any atom is 0.277 e. The van der Waals surface area contributed by atoms with Gasteiger partial charge in [0.25, 0.3) is 5.91 Å². The number of hydrogen-bond donors (Lipinski definition) is 1. The van der Waals surface area contributed by atoms with Gasteiger partial charge < -0.3 is 4.74 Å². The van der Waals surface area contributed by atoms with Gasteiger partial charge in [-0.3, -0.25) is 4.79 Å². The zero-order valence-corrected chi connectivity index (χ0v) is 16.5. The van der Waals surface area contributed by atoms with E-state index in [-0.39, 0.29) is 12.5 Å². The molecule has 3 rings (SSSR count). The van der Waals surface area contributed by atoms with Crippen molar-refractivity contribution in [2.24, 2.45) is 5.10 Å². The highest BCUT2D eigenvalue weighted by atomic mass is 79.9. The fourth-order valence-corrected chi connectivity index (χ4v) is 3.39. The number of ether oxygens (including phenoxy) is 1. The minimum atomic E-state index is -0.318. The zero-order chi connectivity index (χ0) is 18.4. The molecule has 3 aromatic rings. The quantitative estimate of drug-likeness (QED) is 0.346. The second kappa shape index (κ2) is 8.87. The third-order valence-electron chi connectivity index (χ3n) is 3.71. The third-order valence-corrected chi connectivity index (χ3v) is 5.27. The number of thioether (sulfide) groups is 1. The molecule has 0 aromatic heterocycles. The Bertz CT molecular complexity index is 942. The number of hydrogen-bond acceptors (Lipinski definition) is 4. The van der Waals surface area contributed by atoms with Gasteiger partial charge in [0.1, 0.15) is 5.75 Å². The summed E-state index contributed by atoms with van der Waals surface area (Å²) >= 11 is 5.22. The van der Waals surface area contributed by atoms with Gasteiger partial charge in [0.15, 0.2) is 6.61 Å². The topological polar surface area (TPSA) is 50.7 Å². The molecule has 0 spiro atoms. The van der Waals surface area contributed by atoms with E-state index < -0.39 is 0 Å². The highest BCUT2D eigenvalue weighted by molar-refractivity contribution is 9.10. The number of fused-ring (bicyclic) bond motifs is 1. The molecule has 0 aliphatic rings. The minimum absolute atomic E-state index is 0.111. The van der Waals surface area contributed by atoms with E-state index in [4.69, 9.17) is 4.74 Å². The molecular formula is C20H17BrN2O2S. The molecule has 0 heterocycles. The van der Waals surface area contributed by atoms with Gasteiger partial charge in [-0.25, -0.2) is 5.43 Å². The van der Waals surface area contributed by atoms with Crippen LogP contribution in [0.5, 0.6) is 5.75 Å². The molecule has 1 N–H and O–H groups in total. The lowest BCUT2D eigenvalue weighted by Crippen LogP contribution is -2.24. The Morgan fingerprint density at radius 1 is 1.15 bits per heavy atom. The smallest absolute Gasteiger partial charge is 0.277 e. The first-order valence-electron chi connectivity index (χ1n) is 7.93. The number of carbonyl (C=O) groups is 1. The van der Waals surface area contributed by atoms with E-state index in [1.54, 1.807) is 18.0 Å². The van der Waals surface area contributed by atoms with Crippen molar-refractivity contribution in [1.29, 1.82) is 0 Å². The number of benzene rings is 3. The summed E-state index contributed by atoms with van der Waals surface area (Å²) < 4.78 is 6.44. The predicted molar refractivity (Wildman–Crippen MR) is 111 cm³/mol. The first-order valence-corrected chi connectivity index (χ1v) is 9.95. The summed E-state index contributed by atoms with van der Waals surface area (Å²) in [6, 6.07) is 19.7. The SMILES string of the molecule is CSc1ccc(C=NNC(=O)COc2ccc3ccccc3c2Br)cc1. The zero-order valence-electron chi connectivity index (χ0n) is 14.1. The Morgan fingerprint density at radius 3 is 2.69 bits per heavy atom. The van der Waals surface area contributed by atoms with Crippen molar-refractivity contribution in [2.75, 3.05) is 12.9 Å². The van der Waals surface area contributed by atoms with Crippen LogP contribution in [0, 0.1) is 0 Å². The summed E-state index contributed by atoms with van der Waals surface area (Å²) in [5.74, 6) is 0.303. The second-order valence-electron chi connectivity index (χ2n) is 5.45. The molecule has 0 atom stereocenters. The van der Waals surface area contributed by atoms with Crippen LogP contribution in [-0.4, -0.2) is 25.0 Å². The molecule has 0 unspecified atom stereocenters. The lowest BCUT2D eigenvalue weighted by Gasteiger charge is -2.09. The van der Waals surface area contributed by atoms with Crippen molar-refractivity contribution in [3.63, 3.8) is 0 Å². The van der Waals surface area contributed by atoms with Crippen LogP contribution in [-0.2, 0) is 4.79 Å². The van der Waals surface area contributed by atoms with Gasteiger partial charge in [-0.15, -0.1) is 11.8 Å². The van der Waals surface area contributed by atoms with Gasteiger partial charge in [0, 0.05) is 4.90 Å². The Balaban J connectivity index is 1.55. The molecule has 0 bridgehead atoms. The van der Waals surface area contributed by atoms with Crippen LogP contribution in [0.2, 0.25) is 0 Å². The lowest BCUT2D eigenvalue weighted by molar-refractivity contribution is -0.123. The Labute approximate surface area is 164 Å². The Hall–Kier alpha value is -2.31. The number of hydrazone groups is 1. The molecular weight excluding hydrogens is 412 g/mol. The van der Waals surface area contributed by atoms with E-state index in [0.717, 1.165) is 20.8 Å². The van der Waals surface area contributed by atoms with Crippen LogP contribution in [0.4, 0.5) is 0 Å². The van der Waals surface area contributed by atoms with Crippen LogP contribution >= 0.6 is 27.7 Å². The summed E-state index contributed by atoms with van der Waals surface area (Å²) in [4.78, 5) is 13.1. The number of carbonyl (C=O) groups excluding carboxylic acids is 1. The molecule has 1 amide bonds. The van der Waals surface area contributed by atoms with Gasteiger partial charge in [-0.2, -0.15) is 5.10 Å². The van der Waals surface area contributed by atoms with Crippen LogP contribution in [0.1, 0.15) is 5.56 Å². The van der Waals surface area contributed by atoms with Crippen LogP contribution in [0.3, 0.4) is 0 Å². The summed E-state index contributed by atoms with van der Waals surface area (Å²) in [5.41, 5.74) is 3.39. The average Bonchev–Trinajstić information content (AvgIpc) is 2.68. The average molecular weight is 429 g/mol. The number of amides is 1. The number of nitrogens with zero attached hydrogens (tertiary/aromatic N) is 1. The lowest BCUT2D eigenvalue weighted by atomic mass is 10.1. The third kappa shape index (κ3) is 4.65. The van der Waals surface area contributed by atoms with Crippen molar-refractivity contribution >= 4 is 50.6 Å². The molecule has 0 aliphatic carbocycles. The normalized spacial score (nSPS) is 11.0. The van der Waals surface area contributed by atoms with Crippen LogP contribution in [0.15, 0.2) is 75.1 Å². The minimum Gasteiger partial charge on any atom is -0.483 e. The second-order valence-corrected chi connectivity index (χ2v) is 7.13. The van der Waals surface area contributed by atoms with Crippen LogP contribution < -0.4 is 10.2 Å². The largest absolute Gasteiger partial charge is 0.483 e. The van der Waals surface area contributed by atoms with E-state index >= 15 is 0 Å². The molecule has 0 aliphatic heterocycles. The molecule has 132 valence electrons. The van der Waals surface area contributed by atoms with Crippen molar-refractivity contribution < 1.29 is 9.53 Å². The van der Waals surface area contributed by atoms with Crippen LogP contribution in [0.25, 0.3) is 10.8 Å². The van der Waals surface area contributed by atoms with E-state index in [9.17, 15) is 4.79 Å².